The molecule has 0 aliphatic carbocycles. The van der Waals surface area contributed by atoms with E-state index in [1.54, 1.807) is 24.6 Å². The van der Waals surface area contributed by atoms with Crippen molar-refractivity contribution in [3.63, 3.8) is 0 Å². The largest absolute Gasteiger partial charge is 0.493 e. The zero-order valence-corrected chi connectivity index (χ0v) is 18.8. The zero-order valence-electron chi connectivity index (χ0n) is 17.2. The van der Waals surface area contributed by atoms with Crippen LogP contribution in [0.4, 0.5) is 5.13 Å². The van der Waals surface area contributed by atoms with E-state index in [-0.39, 0.29) is 5.91 Å². The second-order valence-electron chi connectivity index (χ2n) is 6.97. The van der Waals surface area contributed by atoms with E-state index in [0.717, 1.165) is 27.0 Å². The summed E-state index contributed by atoms with van der Waals surface area (Å²) in [6.07, 6.45) is 0. The molecule has 4 aromatic rings. The van der Waals surface area contributed by atoms with Gasteiger partial charge in [0.2, 0.25) is 0 Å². The number of carbonyl (C=O) groups is 1. The lowest BCUT2D eigenvalue weighted by Crippen LogP contribution is -2.36. The molecule has 2 heterocycles. The number of nitrogens with zero attached hydrogens (tertiary/aromatic N) is 4. The first kappa shape index (κ1) is 20.5. The monoisotopic (exact) mass is 442 g/mol. The first-order valence-electron chi connectivity index (χ1n) is 9.32. The van der Waals surface area contributed by atoms with Gasteiger partial charge >= 0.3 is 0 Å². The number of carbonyl (C=O) groups excluding carboxylic acids is 1. The first-order valence-corrected chi connectivity index (χ1v) is 11.0. The van der Waals surface area contributed by atoms with E-state index in [1.165, 1.54) is 22.7 Å². The summed E-state index contributed by atoms with van der Waals surface area (Å²) >= 11 is 2.99. The third-order valence-electron chi connectivity index (χ3n) is 4.71. The maximum absolute atomic E-state index is 13.5. The fourth-order valence-electron chi connectivity index (χ4n) is 3.09. The summed E-state index contributed by atoms with van der Waals surface area (Å²) in [6, 6.07) is 9.35. The van der Waals surface area contributed by atoms with Crippen LogP contribution in [0.25, 0.3) is 20.4 Å². The van der Waals surface area contributed by atoms with E-state index < -0.39 is 0 Å². The van der Waals surface area contributed by atoms with Gasteiger partial charge in [0.05, 0.1) is 40.2 Å². The third-order valence-corrected chi connectivity index (χ3v) is 6.54. The minimum absolute atomic E-state index is 0.0786. The lowest BCUT2D eigenvalue weighted by atomic mass is 10.2. The van der Waals surface area contributed by atoms with Gasteiger partial charge in [0.1, 0.15) is 0 Å². The number of anilines is 1. The SMILES string of the molecule is COc1cc2nc(N(CCN(C)C)C(=O)c3ccc4ncsc4c3)sc2cc1OC. The van der Waals surface area contributed by atoms with Crippen molar-refractivity contribution < 1.29 is 14.3 Å². The van der Waals surface area contributed by atoms with E-state index in [4.69, 9.17) is 14.5 Å². The molecule has 1 amide bonds. The standard InChI is InChI=1S/C21H22N4O3S2/c1-24(2)7-8-25(20(26)13-5-6-14-18(9-13)29-12-22-14)21-23-15-10-16(27-3)17(28-4)11-19(15)30-21/h5-6,9-12H,7-8H2,1-4H3. The number of hydrogen-bond donors (Lipinski definition) is 0. The summed E-state index contributed by atoms with van der Waals surface area (Å²) in [6.45, 7) is 1.25. The quantitative estimate of drug-likeness (QED) is 0.429. The molecular weight excluding hydrogens is 420 g/mol. The van der Waals surface area contributed by atoms with E-state index in [9.17, 15) is 4.79 Å². The number of hydrogen-bond acceptors (Lipinski definition) is 8. The molecule has 4 rings (SSSR count). The van der Waals surface area contributed by atoms with Crippen LogP contribution < -0.4 is 14.4 Å². The molecule has 2 aromatic heterocycles. The van der Waals surface area contributed by atoms with Gasteiger partial charge in [-0.25, -0.2) is 9.97 Å². The second-order valence-corrected chi connectivity index (χ2v) is 8.86. The molecule has 7 nitrogen and oxygen atoms in total. The van der Waals surface area contributed by atoms with Crippen LogP contribution >= 0.6 is 22.7 Å². The Labute approximate surface area is 182 Å². The summed E-state index contributed by atoms with van der Waals surface area (Å²) in [5.41, 5.74) is 4.08. The maximum atomic E-state index is 13.5. The molecule has 0 fully saturated rings. The number of methoxy groups -OCH3 is 2. The highest BCUT2D eigenvalue weighted by Crippen LogP contribution is 2.37. The van der Waals surface area contributed by atoms with Crippen LogP contribution in [0.1, 0.15) is 10.4 Å². The van der Waals surface area contributed by atoms with Crippen molar-refractivity contribution in [1.82, 2.24) is 14.9 Å². The van der Waals surface area contributed by atoms with Crippen LogP contribution in [0, 0.1) is 0 Å². The molecule has 0 saturated heterocycles. The Hall–Kier alpha value is -2.75. The van der Waals surface area contributed by atoms with Gasteiger partial charge in [-0.05, 0) is 32.3 Å². The lowest BCUT2D eigenvalue weighted by molar-refractivity contribution is 0.0985. The van der Waals surface area contributed by atoms with Gasteiger partial charge in [-0.2, -0.15) is 0 Å². The van der Waals surface area contributed by atoms with Crippen LogP contribution in [0.3, 0.4) is 0 Å². The molecule has 30 heavy (non-hydrogen) atoms. The molecule has 2 aromatic carbocycles. The highest BCUT2D eigenvalue weighted by Gasteiger charge is 2.23. The highest BCUT2D eigenvalue weighted by atomic mass is 32.1. The van der Waals surface area contributed by atoms with Crippen LogP contribution in [0.2, 0.25) is 0 Å². The molecule has 0 spiro atoms. The normalized spacial score (nSPS) is 11.4. The molecule has 0 aliphatic heterocycles. The van der Waals surface area contributed by atoms with Gasteiger partial charge in [-0.1, -0.05) is 11.3 Å². The van der Waals surface area contributed by atoms with E-state index in [1.807, 2.05) is 49.3 Å². The van der Waals surface area contributed by atoms with Crippen molar-refractivity contribution >= 4 is 54.1 Å². The molecule has 156 valence electrons. The Kier molecular flexibility index (Phi) is 5.85. The van der Waals surface area contributed by atoms with Gasteiger partial charge in [-0.15, -0.1) is 11.3 Å². The molecule has 0 N–H and O–H groups in total. The Morgan fingerprint density at radius 2 is 1.77 bits per heavy atom. The summed E-state index contributed by atoms with van der Waals surface area (Å²) in [5.74, 6) is 1.18. The minimum atomic E-state index is -0.0786. The molecule has 0 aliphatic rings. The molecule has 9 heteroatoms. The molecule has 0 saturated carbocycles. The number of fused-ring (bicyclic) bond motifs is 2. The second kappa shape index (κ2) is 8.55. The number of thiazole rings is 2. The number of aromatic nitrogens is 2. The van der Waals surface area contributed by atoms with Crippen LogP contribution in [0.5, 0.6) is 11.5 Å². The predicted molar refractivity (Wildman–Crippen MR) is 123 cm³/mol. The molecule has 0 unspecified atom stereocenters. The average molecular weight is 443 g/mol. The average Bonchev–Trinajstić information content (AvgIpc) is 3.37. The van der Waals surface area contributed by atoms with Crippen molar-refractivity contribution in [2.75, 3.05) is 46.3 Å². The molecule has 0 atom stereocenters. The fraction of sp³-hybridized carbons (Fsp3) is 0.286. The van der Waals surface area contributed by atoms with E-state index in [2.05, 4.69) is 4.98 Å². The Bertz CT molecular complexity index is 1160. The number of likely N-dealkylation sites (N-methyl/N-ethyl adjacent to an activating group) is 1. The number of amides is 1. The summed E-state index contributed by atoms with van der Waals surface area (Å²) in [4.78, 5) is 26.3. The Morgan fingerprint density at radius 3 is 2.50 bits per heavy atom. The Balaban J connectivity index is 1.74. The van der Waals surface area contributed by atoms with Crippen molar-refractivity contribution in [2.24, 2.45) is 0 Å². The van der Waals surface area contributed by atoms with Crippen LogP contribution in [0.15, 0.2) is 35.8 Å². The van der Waals surface area contributed by atoms with Gasteiger partial charge in [-0.3, -0.25) is 9.69 Å². The third kappa shape index (κ3) is 3.96. The van der Waals surface area contributed by atoms with Crippen molar-refractivity contribution in [3.8, 4) is 11.5 Å². The van der Waals surface area contributed by atoms with Crippen LogP contribution in [-0.2, 0) is 0 Å². The van der Waals surface area contributed by atoms with Gasteiger partial charge < -0.3 is 14.4 Å². The molecule has 0 bridgehead atoms. The zero-order chi connectivity index (χ0) is 21.3. The minimum Gasteiger partial charge on any atom is -0.493 e. The smallest absolute Gasteiger partial charge is 0.260 e. The number of benzene rings is 2. The van der Waals surface area contributed by atoms with Gasteiger partial charge in [0, 0.05) is 30.8 Å². The lowest BCUT2D eigenvalue weighted by Gasteiger charge is -2.22. The van der Waals surface area contributed by atoms with Crippen molar-refractivity contribution in [1.29, 1.82) is 0 Å². The predicted octanol–water partition coefficient (Wildman–Crippen LogP) is 4.13. The summed E-state index contributed by atoms with van der Waals surface area (Å²) in [7, 11) is 7.17. The molecule has 0 radical (unpaired) electrons. The number of ether oxygens (including phenoxy) is 2. The maximum Gasteiger partial charge on any atom is 0.260 e. The van der Waals surface area contributed by atoms with Crippen molar-refractivity contribution in [2.45, 2.75) is 0 Å². The molecular formula is C21H22N4O3S2. The summed E-state index contributed by atoms with van der Waals surface area (Å²) in [5, 5.41) is 0.650. The topological polar surface area (TPSA) is 67.8 Å². The fourth-order valence-corrected chi connectivity index (χ4v) is 4.80. The summed E-state index contributed by atoms with van der Waals surface area (Å²) < 4.78 is 12.7. The Morgan fingerprint density at radius 1 is 1.00 bits per heavy atom. The highest BCUT2D eigenvalue weighted by molar-refractivity contribution is 7.22. The van der Waals surface area contributed by atoms with Crippen molar-refractivity contribution in [3.05, 3.63) is 41.4 Å². The van der Waals surface area contributed by atoms with Gasteiger partial charge in [0.25, 0.3) is 5.91 Å². The van der Waals surface area contributed by atoms with Gasteiger partial charge in [0.15, 0.2) is 16.6 Å². The van der Waals surface area contributed by atoms with Crippen LogP contribution in [-0.4, -0.2) is 62.2 Å². The first-order chi connectivity index (χ1) is 14.5. The van der Waals surface area contributed by atoms with E-state index >= 15 is 0 Å². The van der Waals surface area contributed by atoms with E-state index in [0.29, 0.717) is 28.7 Å². The number of rotatable bonds is 7.